The first-order valence-electron chi connectivity index (χ1n) is 6.42. The van der Waals surface area contributed by atoms with Crippen molar-refractivity contribution in [2.75, 3.05) is 13.1 Å². The van der Waals surface area contributed by atoms with Crippen molar-refractivity contribution >= 4 is 11.0 Å². The standard InChI is InChI=1S/C14H17N3O/c1-10-14(18)17(9-11-6-7-15-8-11)13-5-3-2-4-12(13)16-10/h2-5,11,15H,6-9H2,1H3. The largest absolute Gasteiger partial charge is 0.316 e. The van der Waals surface area contributed by atoms with Gasteiger partial charge in [0.2, 0.25) is 0 Å². The van der Waals surface area contributed by atoms with Crippen LogP contribution in [0.1, 0.15) is 12.1 Å². The molecule has 1 atom stereocenters. The summed E-state index contributed by atoms with van der Waals surface area (Å²) in [7, 11) is 0. The molecule has 0 spiro atoms. The fraction of sp³-hybridized carbons (Fsp3) is 0.429. The summed E-state index contributed by atoms with van der Waals surface area (Å²) in [5.74, 6) is 0.549. The van der Waals surface area contributed by atoms with Crippen molar-refractivity contribution < 1.29 is 0 Å². The zero-order valence-corrected chi connectivity index (χ0v) is 10.5. The van der Waals surface area contributed by atoms with Crippen molar-refractivity contribution in [1.29, 1.82) is 0 Å². The van der Waals surface area contributed by atoms with Crippen molar-refractivity contribution in [3.05, 3.63) is 40.3 Å². The van der Waals surface area contributed by atoms with Crippen molar-refractivity contribution in [3.63, 3.8) is 0 Å². The molecule has 2 heterocycles. The highest BCUT2D eigenvalue weighted by Crippen LogP contribution is 2.14. The number of nitrogens with zero attached hydrogens (tertiary/aromatic N) is 2. The Morgan fingerprint density at radius 2 is 2.28 bits per heavy atom. The molecule has 3 rings (SSSR count). The molecule has 1 saturated heterocycles. The maximum atomic E-state index is 12.3. The first-order chi connectivity index (χ1) is 8.75. The van der Waals surface area contributed by atoms with Crippen LogP contribution in [-0.2, 0) is 6.54 Å². The summed E-state index contributed by atoms with van der Waals surface area (Å²) < 4.78 is 1.88. The molecule has 94 valence electrons. The third-order valence-electron chi connectivity index (χ3n) is 3.62. The maximum Gasteiger partial charge on any atom is 0.272 e. The van der Waals surface area contributed by atoms with Gasteiger partial charge in [-0.15, -0.1) is 0 Å². The number of benzene rings is 1. The van der Waals surface area contributed by atoms with Gasteiger partial charge in [-0.25, -0.2) is 4.98 Å². The lowest BCUT2D eigenvalue weighted by Crippen LogP contribution is -2.28. The van der Waals surface area contributed by atoms with Crippen molar-refractivity contribution in [1.82, 2.24) is 14.9 Å². The van der Waals surface area contributed by atoms with Crippen LogP contribution in [0.5, 0.6) is 0 Å². The second-order valence-electron chi connectivity index (χ2n) is 4.96. The van der Waals surface area contributed by atoms with Gasteiger partial charge in [-0.2, -0.15) is 0 Å². The minimum absolute atomic E-state index is 0.0422. The molecule has 1 fully saturated rings. The number of rotatable bonds is 2. The fourth-order valence-electron chi connectivity index (χ4n) is 2.63. The summed E-state index contributed by atoms with van der Waals surface area (Å²) in [4.78, 5) is 16.6. The Balaban J connectivity index is 2.12. The Bertz CT molecular complexity index is 626. The highest BCUT2D eigenvalue weighted by Gasteiger charge is 2.17. The molecule has 1 aromatic heterocycles. The predicted molar refractivity (Wildman–Crippen MR) is 71.7 cm³/mol. The Hall–Kier alpha value is -1.68. The first kappa shape index (κ1) is 11.4. The third kappa shape index (κ3) is 1.93. The van der Waals surface area contributed by atoms with Gasteiger partial charge in [-0.1, -0.05) is 12.1 Å². The molecule has 1 aliphatic rings. The molecular weight excluding hydrogens is 226 g/mol. The van der Waals surface area contributed by atoms with E-state index in [2.05, 4.69) is 10.3 Å². The van der Waals surface area contributed by atoms with Gasteiger partial charge in [0.25, 0.3) is 5.56 Å². The van der Waals surface area contributed by atoms with Crippen LogP contribution in [0.4, 0.5) is 0 Å². The maximum absolute atomic E-state index is 12.3. The monoisotopic (exact) mass is 243 g/mol. The lowest BCUT2D eigenvalue weighted by atomic mass is 10.1. The quantitative estimate of drug-likeness (QED) is 0.865. The van der Waals surface area contributed by atoms with Crippen LogP contribution in [0.15, 0.2) is 29.1 Å². The number of hydrogen-bond donors (Lipinski definition) is 1. The van der Waals surface area contributed by atoms with Crippen LogP contribution in [0, 0.1) is 12.8 Å². The second-order valence-corrected chi connectivity index (χ2v) is 4.96. The Morgan fingerprint density at radius 3 is 3.06 bits per heavy atom. The van der Waals surface area contributed by atoms with E-state index in [0.717, 1.165) is 37.1 Å². The molecule has 1 unspecified atom stereocenters. The molecule has 0 radical (unpaired) electrons. The topological polar surface area (TPSA) is 46.9 Å². The van der Waals surface area contributed by atoms with Gasteiger partial charge >= 0.3 is 0 Å². The number of hydrogen-bond acceptors (Lipinski definition) is 3. The molecule has 4 heteroatoms. The second kappa shape index (κ2) is 4.53. The van der Waals surface area contributed by atoms with Gasteiger partial charge in [0.05, 0.1) is 11.0 Å². The van der Waals surface area contributed by atoms with E-state index >= 15 is 0 Å². The Labute approximate surface area is 106 Å². The van der Waals surface area contributed by atoms with Gasteiger partial charge < -0.3 is 9.88 Å². The lowest BCUT2D eigenvalue weighted by molar-refractivity contribution is 0.480. The molecule has 0 amide bonds. The van der Waals surface area contributed by atoms with Crippen molar-refractivity contribution in [2.24, 2.45) is 5.92 Å². The van der Waals surface area contributed by atoms with Gasteiger partial charge in [0, 0.05) is 6.54 Å². The number of nitrogens with one attached hydrogen (secondary N) is 1. The average molecular weight is 243 g/mol. The summed E-state index contributed by atoms with van der Waals surface area (Å²) in [5, 5.41) is 3.34. The zero-order valence-electron chi connectivity index (χ0n) is 10.5. The minimum Gasteiger partial charge on any atom is -0.316 e. The van der Waals surface area contributed by atoms with Crippen LogP contribution in [0.3, 0.4) is 0 Å². The zero-order chi connectivity index (χ0) is 12.5. The van der Waals surface area contributed by atoms with Crippen LogP contribution >= 0.6 is 0 Å². The molecule has 2 aromatic rings. The number of aryl methyl sites for hydroxylation is 1. The molecule has 18 heavy (non-hydrogen) atoms. The van der Waals surface area contributed by atoms with Gasteiger partial charge in [-0.05, 0) is 44.5 Å². The van der Waals surface area contributed by atoms with E-state index in [1.807, 2.05) is 28.8 Å². The summed E-state index contributed by atoms with van der Waals surface area (Å²) in [6.07, 6.45) is 1.14. The van der Waals surface area contributed by atoms with E-state index in [1.54, 1.807) is 6.92 Å². The summed E-state index contributed by atoms with van der Waals surface area (Å²) in [5.41, 5.74) is 2.47. The van der Waals surface area contributed by atoms with E-state index in [4.69, 9.17) is 0 Å². The molecule has 1 aromatic carbocycles. The summed E-state index contributed by atoms with van der Waals surface area (Å²) in [6.45, 7) is 4.64. The molecule has 0 aliphatic carbocycles. The van der Waals surface area contributed by atoms with Gasteiger partial charge in [0.1, 0.15) is 5.69 Å². The third-order valence-corrected chi connectivity index (χ3v) is 3.62. The fourth-order valence-corrected chi connectivity index (χ4v) is 2.63. The van der Waals surface area contributed by atoms with E-state index in [0.29, 0.717) is 11.6 Å². The van der Waals surface area contributed by atoms with E-state index in [9.17, 15) is 4.79 Å². The highest BCUT2D eigenvalue weighted by molar-refractivity contribution is 5.74. The van der Waals surface area contributed by atoms with Crippen molar-refractivity contribution in [2.45, 2.75) is 19.9 Å². The predicted octanol–water partition coefficient (Wildman–Crippen LogP) is 1.31. The van der Waals surface area contributed by atoms with E-state index < -0.39 is 0 Å². The first-order valence-corrected chi connectivity index (χ1v) is 6.42. The van der Waals surface area contributed by atoms with Gasteiger partial charge in [-0.3, -0.25) is 4.79 Å². The average Bonchev–Trinajstić information content (AvgIpc) is 2.88. The molecular formula is C14H17N3O. The van der Waals surface area contributed by atoms with Crippen LogP contribution in [0.25, 0.3) is 11.0 Å². The Morgan fingerprint density at radius 1 is 1.44 bits per heavy atom. The van der Waals surface area contributed by atoms with Crippen LogP contribution < -0.4 is 10.9 Å². The minimum atomic E-state index is 0.0422. The molecule has 0 bridgehead atoms. The Kier molecular flexibility index (Phi) is 2.88. The smallest absolute Gasteiger partial charge is 0.272 e. The van der Waals surface area contributed by atoms with Crippen molar-refractivity contribution in [3.8, 4) is 0 Å². The molecule has 1 N–H and O–H groups in total. The van der Waals surface area contributed by atoms with Crippen LogP contribution in [0.2, 0.25) is 0 Å². The number of aromatic nitrogens is 2. The summed E-state index contributed by atoms with van der Waals surface area (Å²) >= 11 is 0. The SMILES string of the molecule is Cc1nc2ccccc2n(CC2CCNC2)c1=O. The highest BCUT2D eigenvalue weighted by atomic mass is 16.1. The lowest BCUT2D eigenvalue weighted by Gasteiger charge is -2.14. The molecule has 4 nitrogen and oxygen atoms in total. The molecule has 0 saturated carbocycles. The number of para-hydroxylation sites is 2. The molecule has 1 aliphatic heterocycles. The van der Waals surface area contributed by atoms with E-state index in [-0.39, 0.29) is 5.56 Å². The summed E-state index contributed by atoms with van der Waals surface area (Å²) in [6, 6.07) is 7.86. The van der Waals surface area contributed by atoms with Gasteiger partial charge in [0.15, 0.2) is 0 Å². The van der Waals surface area contributed by atoms with Crippen LogP contribution in [-0.4, -0.2) is 22.6 Å². The number of fused-ring (bicyclic) bond motifs is 1. The van der Waals surface area contributed by atoms with E-state index in [1.165, 1.54) is 0 Å². The normalized spacial score (nSPS) is 19.5.